The number of nitrogens with zero attached hydrogens (tertiary/aromatic N) is 2. The second kappa shape index (κ2) is 7.02. The third-order valence-electron chi connectivity index (χ3n) is 4.54. The van der Waals surface area contributed by atoms with Gasteiger partial charge in [0.2, 0.25) is 0 Å². The summed E-state index contributed by atoms with van der Waals surface area (Å²) in [6.07, 6.45) is 6.63. The number of aromatic amines is 1. The topological polar surface area (TPSA) is 87.3 Å². The van der Waals surface area contributed by atoms with Crippen LogP contribution in [0.1, 0.15) is 36.0 Å². The van der Waals surface area contributed by atoms with Crippen molar-refractivity contribution in [3.05, 3.63) is 28.4 Å². The molecule has 0 atom stereocenters. The Kier molecular flexibility index (Phi) is 4.84. The maximum absolute atomic E-state index is 12.1. The highest BCUT2D eigenvalue weighted by Crippen LogP contribution is 2.20. The zero-order valence-corrected chi connectivity index (χ0v) is 12.6. The molecule has 120 valence electrons. The zero-order valence-electron chi connectivity index (χ0n) is 12.6. The zero-order chi connectivity index (χ0) is 15.4. The molecule has 1 aromatic rings. The van der Waals surface area contributed by atoms with E-state index in [1.807, 2.05) is 0 Å². The molecule has 0 aliphatic carbocycles. The molecule has 0 spiro atoms. The van der Waals surface area contributed by atoms with Crippen molar-refractivity contribution in [3.8, 4) is 0 Å². The Hall–Kier alpha value is -1.73. The van der Waals surface area contributed by atoms with E-state index in [1.54, 1.807) is 0 Å². The molecule has 1 aromatic heterocycles. The number of carbonyl (C=O) groups is 1. The lowest BCUT2D eigenvalue weighted by Gasteiger charge is -2.39. The van der Waals surface area contributed by atoms with E-state index in [-0.39, 0.29) is 17.5 Å². The molecule has 2 aliphatic rings. The summed E-state index contributed by atoms with van der Waals surface area (Å²) in [6, 6.07) is 0.745. The number of aromatic nitrogens is 2. The number of hydrogen-bond donors (Lipinski definition) is 2. The second-order valence-electron chi connectivity index (χ2n) is 5.92. The number of hydrogen-bond acceptors (Lipinski definition) is 5. The van der Waals surface area contributed by atoms with Crippen molar-refractivity contribution in [1.82, 2.24) is 20.2 Å². The van der Waals surface area contributed by atoms with E-state index in [9.17, 15) is 9.59 Å². The summed E-state index contributed by atoms with van der Waals surface area (Å²) in [5.74, 6) is -0.334. The van der Waals surface area contributed by atoms with Gasteiger partial charge in [-0.2, -0.15) is 0 Å². The summed E-state index contributed by atoms with van der Waals surface area (Å²) in [5.41, 5.74) is -0.318. The van der Waals surface area contributed by atoms with Gasteiger partial charge in [-0.05, 0) is 25.7 Å². The molecule has 2 fully saturated rings. The molecule has 2 N–H and O–H groups in total. The Bertz CT molecular complexity index is 560. The first-order valence-electron chi connectivity index (χ1n) is 7.89. The van der Waals surface area contributed by atoms with Crippen LogP contribution < -0.4 is 10.9 Å². The molecule has 7 heteroatoms. The molecule has 2 saturated heterocycles. The van der Waals surface area contributed by atoms with Gasteiger partial charge >= 0.3 is 0 Å². The van der Waals surface area contributed by atoms with Crippen LogP contribution in [0.15, 0.2) is 17.3 Å². The summed E-state index contributed by atoms with van der Waals surface area (Å²) in [7, 11) is 0. The predicted octanol–water partition coefficient (Wildman–Crippen LogP) is 0.143. The Balaban J connectivity index is 1.50. The third kappa shape index (κ3) is 3.53. The summed E-state index contributed by atoms with van der Waals surface area (Å²) in [4.78, 5) is 32.4. The monoisotopic (exact) mass is 306 g/mol. The minimum absolute atomic E-state index is 0.0781. The third-order valence-corrected chi connectivity index (χ3v) is 4.54. The number of carbonyl (C=O) groups excluding carboxylic acids is 1. The summed E-state index contributed by atoms with van der Waals surface area (Å²) in [6.45, 7) is 3.67. The average Bonchev–Trinajstić information content (AvgIpc) is 2.57. The molecule has 0 aromatic carbocycles. The van der Waals surface area contributed by atoms with E-state index in [4.69, 9.17) is 4.74 Å². The molecule has 0 radical (unpaired) electrons. The second-order valence-corrected chi connectivity index (χ2v) is 5.92. The molecule has 3 rings (SSSR count). The van der Waals surface area contributed by atoms with E-state index < -0.39 is 5.56 Å². The standard InChI is InChI=1S/C15H22N4O3/c20-14-13(9-16-10-17-14)15(21)18-11-1-5-19(6-2-11)12-3-7-22-8-4-12/h9-12H,1-8H2,(H,18,21)(H,16,17,20). The highest BCUT2D eigenvalue weighted by molar-refractivity contribution is 5.93. The molecule has 2 aliphatic heterocycles. The van der Waals surface area contributed by atoms with Crippen LogP contribution in [0, 0.1) is 0 Å². The minimum Gasteiger partial charge on any atom is -0.381 e. The molecule has 1 amide bonds. The van der Waals surface area contributed by atoms with Gasteiger partial charge < -0.3 is 19.9 Å². The quantitative estimate of drug-likeness (QED) is 0.829. The lowest BCUT2D eigenvalue weighted by Crippen LogP contribution is -2.49. The largest absolute Gasteiger partial charge is 0.381 e. The van der Waals surface area contributed by atoms with Gasteiger partial charge in [0, 0.05) is 44.6 Å². The molecule has 7 nitrogen and oxygen atoms in total. The van der Waals surface area contributed by atoms with Crippen molar-refractivity contribution in [2.45, 2.75) is 37.8 Å². The van der Waals surface area contributed by atoms with Crippen molar-refractivity contribution in [3.63, 3.8) is 0 Å². The molecule has 22 heavy (non-hydrogen) atoms. The maximum atomic E-state index is 12.1. The Morgan fingerprint density at radius 2 is 2.00 bits per heavy atom. The van der Waals surface area contributed by atoms with Crippen LogP contribution in [0.5, 0.6) is 0 Å². The fraction of sp³-hybridized carbons (Fsp3) is 0.667. The van der Waals surface area contributed by atoms with Gasteiger partial charge in [-0.25, -0.2) is 4.98 Å². The number of amides is 1. The van der Waals surface area contributed by atoms with Crippen LogP contribution in [0.3, 0.4) is 0 Å². The lowest BCUT2D eigenvalue weighted by molar-refractivity contribution is 0.0238. The number of likely N-dealkylation sites (tertiary alicyclic amines) is 1. The van der Waals surface area contributed by atoms with E-state index in [0.717, 1.165) is 52.0 Å². The average molecular weight is 306 g/mol. The Labute approximate surface area is 129 Å². The van der Waals surface area contributed by atoms with Crippen molar-refractivity contribution in [1.29, 1.82) is 0 Å². The van der Waals surface area contributed by atoms with Crippen molar-refractivity contribution >= 4 is 5.91 Å². The van der Waals surface area contributed by atoms with Crippen molar-refractivity contribution < 1.29 is 9.53 Å². The maximum Gasteiger partial charge on any atom is 0.263 e. The summed E-state index contributed by atoms with van der Waals surface area (Å²) < 4.78 is 5.40. The first-order chi connectivity index (χ1) is 10.7. The van der Waals surface area contributed by atoms with Crippen LogP contribution in [0.2, 0.25) is 0 Å². The Morgan fingerprint density at radius 3 is 2.68 bits per heavy atom. The number of piperidine rings is 1. The number of nitrogens with one attached hydrogen (secondary N) is 2. The highest BCUT2D eigenvalue weighted by Gasteiger charge is 2.27. The van der Waals surface area contributed by atoms with E-state index in [0.29, 0.717) is 6.04 Å². The van der Waals surface area contributed by atoms with Crippen LogP contribution in [-0.4, -0.2) is 59.2 Å². The fourth-order valence-electron chi connectivity index (χ4n) is 3.23. The minimum atomic E-state index is -0.396. The van der Waals surface area contributed by atoms with Gasteiger partial charge in [0.1, 0.15) is 5.56 Å². The van der Waals surface area contributed by atoms with Crippen LogP contribution in [-0.2, 0) is 4.74 Å². The normalized spacial score (nSPS) is 21.6. The molecular weight excluding hydrogens is 284 g/mol. The number of H-pyrrole nitrogens is 1. The van der Waals surface area contributed by atoms with Gasteiger partial charge in [-0.1, -0.05) is 0 Å². The van der Waals surface area contributed by atoms with Gasteiger partial charge in [-0.3, -0.25) is 9.59 Å². The summed E-state index contributed by atoms with van der Waals surface area (Å²) in [5, 5.41) is 2.95. The summed E-state index contributed by atoms with van der Waals surface area (Å²) >= 11 is 0. The van der Waals surface area contributed by atoms with Crippen LogP contribution >= 0.6 is 0 Å². The van der Waals surface area contributed by atoms with Crippen LogP contribution in [0.4, 0.5) is 0 Å². The smallest absolute Gasteiger partial charge is 0.263 e. The predicted molar refractivity (Wildman–Crippen MR) is 80.8 cm³/mol. The first-order valence-corrected chi connectivity index (χ1v) is 7.89. The molecule has 0 bridgehead atoms. The van der Waals surface area contributed by atoms with Crippen molar-refractivity contribution in [2.24, 2.45) is 0 Å². The number of rotatable bonds is 3. The molecule has 0 saturated carbocycles. The molecular formula is C15H22N4O3. The van der Waals surface area contributed by atoms with Gasteiger partial charge in [0.15, 0.2) is 0 Å². The number of ether oxygens (including phenoxy) is 1. The SMILES string of the molecule is O=C(NC1CCN(C2CCOCC2)CC1)c1cnc[nH]c1=O. The van der Waals surface area contributed by atoms with Gasteiger partial charge in [0.05, 0.1) is 6.33 Å². The van der Waals surface area contributed by atoms with Crippen molar-refractivity contribution in [2.75, 3.05) is 26.3 Å². The molecule has 0 unspecified atom stereocenters. The first kappa shape index (κ1) is 15.2. The Morgan fingerprint density at radius 1 is 1.27 bits per heavy atom. The van der Waals surface area contributed by atoms with Crippen LogP contribution in [0.25, 0.3) is 0 Å². The lowest BCUT2D eigenvalue weighted by atomic mass is 9.99. The highest BCUT2D eigenvalue weighted by atomic mass is 16.5. The van der Waals surface area contributed by atoms with Gasteiger partial charge in [-0.15, -0.1) is 0 Å². The van der Waals surface area contributed by atoms with E-state index >= 15 is 0 Å². The molecule has 3 heterocycles. The van der Waals surface area contributed by atoms with Gasteiger partial charge in [0.25, 0.3) is 11.5 Å². The van der Waals surface area contributed by atoms with E-state index in [1.165, 1.54) is 12.5 Å². The van der Waals surface area contributed by atoms with E-state index in [2.05, 4.69) is 20.2 Å². The fourth-order valence-corrected chi connectivity index (χ4v) is 3.23.